The van der Waals surface area contributed by atoms with Crippen molar-refractivity contribution in [2.24, 2.45) is 5.84 Å². The summed E-state index contributed by atoms with van der Waals surface area (Å²) in [6.07, 6.45) is 1.68. The molecule has 0 aliphatic rings. The summed E-state index contributed by atoms with van der Waals surface area (Å²) in [5, 5.41) is 0. The smallest absolute Gasteiger partial charge is 0.140 e. The molecule has 0 atom stereocenters. The Kier molecular flexibility index (Phi) is 4.59. The third-order valence-electron chi connectivity index (χ3n) is 2.51. The number of nitrogen functional groups attached to an aromatic ring is 1. The van der Waals surface area contributed by atoms with Gasteiger partial charge in [-0.25, -0.2) is 10.8 Å². The number of halogens is 1. The number of hydrogen-bond donors (Lipinski definition) is 2. The Hall–Kier alpha value is -1.79. The Morgan fingerprint density at radius 1 is 1.32 bits per heavy atom. The highest BCUT2D eigenvalue weighted by atomic mass is 79.9. The van der Waals surface area contributed by atoms with Crippen molar-refractivity contribution in [2.75, 3.05) is 12.5 Å². The molecule has 2 rings (SSSR count). The number of aromatic nitrogens is 1. The quantitative estimate of drug-likeness (QED) is 0.654. The number of nitrogens with zero attached hydrogens (tertiary/aromatic N) is 1. The van der Waals surface area contributed by atoms with E-state index >= 15 is 0 Å². The summed E-state index contributed by atoms with van der Waals surface area (Å²) in [6, 6.07) is 9.26. The summed E-state index contributed by atoms with van der Waals surface area (Å²) in [5.74, 6) is 7.44. The molecule has 0 aliphatic heterocycles. The average Bonchev–Trinajstić information content (AvgIpc) is 2.46. The van der Waals surface area contributed by atoms with Gasteiger partial charge in [0.1, 0.15) is 23.9 Å². The Bertz CT molecular complexity index is 563. The van der Waals surface area contributed by atoms with E-state index < -0.39 is 0 Å². The van der Waals surface area contributed by atoms with Gasteiger partial charge in [-0.05, 0) is 51.8 Å². The minimum absolute atomic E-state index is 0.433. The largest absolute Gasteiger partial charge is 0.497 e. The van der Waals surface area contributed by atoms with E-state index in [1.807, 2.05) is 30.3 Å². The molecule has 1 aromatic carbocycles. The van der Waals surface area contributed by atoms with E-state index in [-0.39, 0.29) is 0 Å². The minimum Gasteiger partial charge on any atom is -0.497 e. The topological polar surface area (TPSA) is 69.4 Å². The molecule has 0 aliphatic carbocycles. The second-order valence-electron chi connectivity index (χ2n) is 3.78. The minimum atomic E-state index is 0.433. The monoisotopic (exact) mass is 323 g/mol. The molecule has 0 unspecified atom stereocenters. The van der Waals surface area contributed by atoms with Gasteiger partial charge in [-0.2, -0.15) is 0 Å². The Labute approximate surface area is 119 Å². The first-order chi connectivity index (χ1) is 9.22. The molecule has 2 aromatic rings. The van der Waals surface area contributed by atoms with Crippen LogP contribution in [0.25, 0.3) is 0 Å². The summed E-state index contributed by atoms with van der Waals surface area (Å²) < 4.78 is 11.7. The molecule has 1 heterocycles. The number of hydrogen-bond acceptors (Lipinski definition) is 5. The maximum Gasteiger partial charge on any atom is 0.140 e. The fourth-order valence-corrected chi connectivity index (χ4v) is 2.00. The van der Waals surface area contributed by atoms with E-state index in [0.29, 0.717) is 12.4 Å². The van der Waals surface area contributed by atoms with Crippen molar-refractivity contribution in [2.45, 2.75) is 6.61 Å². The summed E-state index contributed by atoms with van der Waals surface area (Å²) in [5.41, 5.74) is 3.48. The second-order valence-corrected chi connectivity index (χ2v) is 4.63. The highest BCUT2D eigenvalue weighted by Gasteiger charge is 2.04. The van der Waals surface area contributed by atoms with Gasteiger partial charge in [-0.15, -0.1) is 0 Å². The van der Waals surface area contributed by atoms with Crippen LogP contribution in [0.3, 0.4) is 0 Å². The highest BCUT2D eigenvalue weighted by Crippen LogP contribution is 2.29. The summed E-state index contributed by atoms with van der Waals surface area (Å²) >= 11 is 3.44. The molecule has 0 radical (unpaired) electrons. The first-order valence-corrected chi connectivity index (χ1v) is 6.40. The number of rotatable bonds is 5. The maximum absolute atomic E-state index is 5.72. The highest BCUT2D eigenvalue weighted by molar-refractivity contribution is 9.10. The first-order valence-electron chi connectivity index (χ1n) is 5.61. The first kappa shape index (κ1) is 13.6. The molecular formula is C13H14BrN3O2. The summed E-state index contributed by atoms with van der Waals surface area (Å²) in [4.78, 5) is 4.04. The van der Waals surface area contributed by atoms with Gasteiger partial charge in [0.05, 0.1) is 11.6 Å². The van der Waals surface area contributed by atoms with Gasteiger partial charge in [-0.3, -0.25) is 0 Å². The van der Waals surface area contributed by atoms with Crippen LogP contribution < -0.4 is 20.7 Å². The normalized spacial score (nSPS) is 10.1. The fraction of sp³-hybridized carbons (Fsp3) is 0.154. The Morgan fingerprint density at radius 3 is 2.84 bits per heavy atom. The van der Waals surface area contributed by atoms with E-state index in [2.05, 4.69) is 26.3 Å². The van der Waals surface area contributed by atoms with Crippen LogP contribution in [0.4, 0.5) is 5.82 Å². The van der Waals surface area contributed by atoms with Crippen LogP contribution in [0.15, 0.2) is 41.0 Å². The zero-order valence-electron chi connectivity index (χ0n) is 10.4. The average molecular weight is 324 g/mol. The zero-order chi connectivity index (χ0) is 13.7. The van der Waals surface area contributed by atoms with Gasteiger partial charge in [0, 0.05) is 6.20 Å². The Morgan fingerprint density at radius 2 is 2.16 bits per heavy atom. The van der Waals surface area contributed by atoms with E-state index in [1.54, 1.807) is 13.3 Å². The molecule has 0 saturated carbocycles. The van der Waals surface area contributed by atoms with Crippen LogP contribution in [0.2, 0.25) is 0 Å². The van der Waals surface area contributed by atoms with Gasteiger partial charge in [-0.1, -0.05) is 0 Å². The lowest BCUT2D eigenvalue weighted by atomic mass is 10.3. The molecule has 0 fully saturated rings. The molecule has 0 spiro atoms. The molecule has 0 saturated heterocycles. The number of ether oxygens (including phenoxy) is 2. The van der Waals surface area contributed by atoms with Crippen LogP contribution in [-0.4, -0.2) is 12.1 Å². The van der Waals surface area contributed by atoms with Gasteiger partial charge in [0.2, 0.25) is 0 Å². The van der Waals surface area contributed by atoms with Crippen molar-refractivity contribution in [1.29, 1.82) is 0 Å². The van der Waals surface area contributed by atoms with Gasteiger partial charge in [0.15, 0.2) is 0 Å². The van der Waals surface area contributed by atoms with Crippen LogP contribution in [-0.2, 0) is 6.61 Å². The van der Waals surface area contributed by atoms with Crippen LogP contribution in [0, 0.1) is 0 Å². The Balaban J connectivity index is 2.05. The lowest BCUT2D eigenvalue weighted by Gasteiger charge is -2.10. The van der Waals surface area contributed by atoms with Crippen molar-refractivity contribution in [3.05, 3.63) is 46.6 Å². The van der Waals surface area contributed by atoms with E-state index in [9.17, 15) is 0 Å². The van der Waals surface area contributed by atoms with Crippen molar-refractivity contribution < 1.29 is 9.47 Å². The number of nitrogens with two attached hydrogens (primary N) is 1. The van der Waals surface area contributed by atoms with Crippen molar-refractivity contribution >= 4 is 21.7 Å². The predicted octanol–water partition coefficient (Wildman–Crippen LogP) is 2.72. The summed E-state index contributed by atoms with van der Waals surface area (Å²) in [6.45, 7) is 0.433. The third-order valence-corrected chi connectivity index (χ3v) is 3.13. The molecule has 5 nitrogen and oxygen atoms in total. The molecule has 0 amide bonds. The molecule has 100 valence electrons. The SMILES string of the molecule is COc1ccc(OCc2ccnc(NN)c2)c(Br)c1. The number of benzene rings is 1. The molecular weight excluding hydrogens is 310 g/mol. The second kappa shape index (κ2) is 6.40. The number of pyridine rings is 1. The third kappa shape index (κ3) is 3.59. The van der Waals surface area contributed by atoms with Crippen LogP contribution in [0.1, 0.15) is 5.56 Å². The molecule has 0 bridgehead atoms. The van der Waals surface area contributed by atoms with Gasteiger partial charge < -0.3 is 14.9 Å². The van der Waals surface area contributed by atoms with E-state index in [4.69, 9.17) is 15.3 Å². The fourth-order valence-electron chi connectivity index (χ4n) is 1.53. The zero-order valence-corrected chi connectivity index (χ0v) is 12.0. The maximum atomic E-state index is 5.72. The summed E-state index contributed by atoms with van der Waals surface area (Å²) in [7, 11) is 1.63. The number of hydrazine groups is 1. The van der Waals surface area contributed by atoms with Gasteiger partial charge >= 0.3 is 0 Å². The van der Waals surface area contributed by atoms with Crippen molar-refractivity contribution in [3.8, 4) is 11.5 Å². The lowest BCUT2D eigenvalue weighted by Crippen LogP contribution is -2.09. The number of nitrogens with one attached hydrogen (secondary N) is 1. The van der Waals surface area contributed by atoms with E-state index in [1.165, 1.54) is 0 Å². The molecule has 1 aromatic heterocycles. The molecule has 19 heavy (non-hydrogen) atoms. The standard InChI is InChI=1S/C13H14BrN3O2/c1-18-10-2-3-12(11(14)7-10)19-8-9-4-5-16-13(6-9)17-15/h2-7H,8,15H2,1H3,(H,16,17). The molecule has 6 heteroatoms. The van der Waals surface area contributed by atoms with Gasteiger partial charge in [0.25, 0.3) is 0 Å². The molecule has 3 N–H and O–H groups in total. The lowest BCUT2D eigenvalue weighted by molar-refractivity contribution is 0.303. The van der Waals surface area contributed by atoms with Crippen LogP contribution >= 0.6 is 15.9 Å². The van der Waals surface area contributed by atoms with Crippen molar-refractivity contribution in [1.82, 2.24) is 4.98 Å². The predicted molar refractivity (Wildman–Crippen MR) is 77.1 cm³/mol. The number of methoxy groups -OCH3 is 1. The number of anilines is 1. The van der Waals surface area contributed by atoms with Crippen LogP contribution in [0.5, 0.6) is 11.5 Å². The van der Waals surface area contributed by atoms with E-state index in [0.717, 1.165) is 21.5 Å². The van der Waals surface area contributed by atoms with Crippen molar-refractivity contribution in [3.63, 3.8) is 0 Å².